The van der Waals surface area contributed by atoms with Gasteiger partial charge in [-0.25, -0.2) is 0 Å². The number of aliphatic hydroxyl groups excluding tert-OH is 1. The fourth-order valence-corrected chi connectivity index (χ4v) is 3.07. The third kappa shape index (κ3) is 2.68. The molecule has 3 atom stereocenters. The zero-order valence-corrected chi connectivity index (χ0v) is 11.4. The largest absolute Gasteiger partial charge is 0.396 e. The molecule has 2 aromatic carbocycles. The van der Waals surface area contributed by atoms with E-state index in [1.54, 1.807) is 0 Å². The number of halogens is 1. The molecule has 0 bridgehead atoms. The van der Waals surface area contributed by atoms with Crippen molar-refractivity contribution in [2.24, 2.45) is 5.92 Å². The molecule has 1 nitrogen and oxygen atoms in total. The molecule has 0 aliphatic heterocycles. The molecule has 19 heavy (non-hydrogen) atoms. The Bertz CT molecular complexity index is 535. The van der Waals surface area contributed by atoms with Gasteiger partial charge in [0.15, 0.2) is 0 Å². The highest BCUT2D eigenvalue weighted by Gasteiger charge is 2.43. The highest BCUT2D eigenvalue weighted by molar-refractivity contribution is 6.30. The van der Waals surface area contributed by atoms with Gasteiger partial charge in [-0.2, -0.15) is 0 Å². The minimum absolute atomic E-state index is 0.204. The van der Waals surface area contributed by atoms with Gasteiger partial charge in [-0.1, -0.05) is 54.1 Å². The highest BCUT2D eigenvalue weighted by atomic mass is 35.5. The van der Waals surface area contributed by atoms with Crippen molar-refractivity contribution in [1.82, 2.24) is 0 Å². The van der Waals surface area contributed by atoms with Crippen LogP contribution in [0.25, 0.3) is 0 Å². The van der Waals surface area contributed by atoms with Crippen molar-refractivity contribution in [3.05, 3.63) is 70.7 Å². The summed E-state index contributed by atoms with van der Waals surface area (Å²) in [4.78, 5) is 0. The molecule has 0 aromatic heterocycles. The third-order valence-electron chi connectivity index (χ3n) is 4.08. The van der Waals surface area contributed by atoms with Crippen LogP contribution in [0.15, 0.2) is 54.6 Å². The molecule has 3 rings (SSSR count). The third-order valence-corrected chi connectivity index (χ3v) is 4.33. The lowest BCUT2D eigenvalue weighted by Gasteiger charge is -2.15. The van der Waals surface area contributed by atoms with Crippen LogP contribution in [-0.2, 0) is 0 Å². The van der Waals surface area contributed by atoms with E-state index < -0.39 is 0 Å². The van der Waals surface area contributed by atoms with Crippen LogP contribution in [0.2, 0.25) is 5.02 Å². The Kier molecular flexibility index (Phi) is 3.58. The summed E-state index contributed by atoms with van der Waals surface area (Å²) in [6, 6.07) is 18.4. The van der Waals surface area contributed by atoms with Gasteiger partial charge < -0.3 is 5.11 Å². The SMILES string of the molecule is OCC(c1ccc(Cl)cc1)C1CC1c1ccccc1. The van der Waals surface area contributed by atoms with Gasteiger partial charge in [0.25, 0.3) is 0 Å². The maximum Gasteiger partial charge on any atom is 0.0502 e. The lowest BCUT2D eigenvalue weighted by molar-refractivity contribution is 0.251. The lowest BCUT2D eigenvalue weighted by Crippen LogP contribution is -2.07. The molecular formula is C17H17ClO. The first-order valence-corrected chi connectivity index (χ1v) is 7.08. The van der Waals surface area contributed by atoms with E-state index in [1.807, 2.05) is 30.3 Å². The van der Waals surface area contributed by atoms with Gasteiger partial charge in [-0.15, -0.1) is 0 Å². The van der Waals surface area contributed by atoms with Gasteiger partial charge in [0, 0.05) is 10.9 Å². The Morgan fingerprint density at radius 3 is 2.37 bits per heavy atom. The predicted molar refractivity (Wildman–Crippen MR) is 78.6 cm³/mol. The van der Waals surface area contributed by atoms with E-state index >= 15 is 0 Å². The summed E-state index contributed by atoms with van der Waals surface area (Å²) in [7, 11) is 0. The summed E-state index contributed by atoms with van der Waals surface area (Å²) in [5.41, 5.74) is 2.58. The van der Waals surface area contributed by atoms with E-state index in [4.69, 9.17) is 11.6 Å². The van der Waals surface area contributed by atoms with Gasteiger partial charge in [-0.05, 0) is 41.5 Å². The average Bonchev–Trinajstić information content (AvgIpc) is 3.23. The molecule has 98 valence electrons. The summed E-state index contributed by atoms with van der Waals surface area (Å²) < 4.78 is 0. The minimum atomic E-state index is 0.204. The maximum atomic E-state index is 9.69. The Morgan fingerprint density at radius 1 is 1.05 bits per heavy atom. The minimum Gasteiger partial charge on any atom is -0.396 e. The molecular weight excluding hydrogens is 256 g/mol. The molecule has 1 aliphatic carbocycles. The zero-order chi connectivity index (χ0) is 13.2. The van der Waals surface area contributed by atoms with Crippen molar-refractivity contribution in [1.29, 1.82) is 0 Å². The Hall–Kier alpha value is -1.31. The molecule has 2 aromatic rings. The van der Waals surface area contributed by atoms with Gasteiger partial charge in [0.1, 0.15) is 0 Å². The average molecular weight is 273 g/mol. The van der Waals surface area contributed by atoms with E-state index in [2.05, 4.69) is 24.3 Å². The van der Waals surface area contributed by atoms with Crippen LogP contribution in [0.5, 0.6) is 0 Å². The predicted octanol–water partition coefficient (Wildman–Crippen LogP) is 4.22. The van der Waals surface area contributed by atoms with Crippen LogP contribution in [0.1, 0.15) is 29.4 Å². The quantitative estimate of drug-likeness (QED) is 0.884. The number of rotatable bonds is 4. The van der Waals surface area contributed by atoms with Crippen molar-refractivity contribution < 1.29 is 5.11 Å². The van der Waals surface area contributed by atoms with E-state index in [0.717, 1.165) is 11.4 Å². The molecule has 1 N–H and O–H groups in total. The van der Waals surface area contributed by atoms with Gasteiger partial charge in [0.05, 0.1) is 6.61 Å². The van der Waals surface area contributed by atoms with Crippen molar-refractivity contribution in [2.45, 2.75) is 18.3 Å². The molecule has 3 unspecified atom stereocenters. The number of hydrogen-bond donors (Lipinski definition) is 1. The van der Waals surface area contributed by atoms with Gasteiger partial charge in [-0.3, -0.25) is 0 Å². The van der Waals surface area contributed by atoms with Crippen LogP contribution in [0.3, 0.4) is 0 Å². The molecule has 0 radical (unpaired) electrons. The van der Waals surface area contributed by atoms with Crippen molar-refractivity contribution >= 4 is 11.6 Å². The van der Waals surface area contributed by atoms with Crippen LogP contribution in [0.4, 0.5) is 0 Å². The maximum absolute atomic E-state index is 9.69. The first-order valence-electron chi connectivity index (χ1n) is 6.71. The zero-order valence-electron chi connectivity index (χ0n) is 10.7. The Balaban J connectivity index is 1.77. The molecule has 2 heteroatoms. The monoisotopic (exact) mass is 272 g/mol. The Labute approximate surface area is 118 Å². The Morgan fingerprint density at radius 2 is 1.74 bits per heavy atom. The molecule has 0 heterocycles. The molecule has 1 fully saturated rings. The van der Waals surface area contributed by atoms with Crippen LogP contribution >= 0.6 is 11.6 Å². The molecule has 1 saturated carbocycles. The number of hydrogen-bond acceptors (Lipinski definition) is 1. The summed E-state index contributed by atoms with van der Waals surface area (Å²) >= 11 is 5.92. The van der Waals surface area contributed by atoms with Crippen LogP contribution < -0.4 is 0 Å². The first-order chi connectivity index (χ1) is 9.29. The standard InChI is InChI=1S/C17H17ClO/c18-14-8-6-13(7-9-14)17(11-19)16-10-15(16)12-4-2-1-3-5-12/h1-9,15-17,19H,10-11H2. The van der Waals surface area contributed by atoms with Crippen molar-refractivity contribution in [3.8, 4) is 0 Å². The lowest BCUT2D eigenvalue weighted by atomic mass is 9.92. The normalized spacial score (nSPS) is 23.1. The molecule has 1 aliphatic rings. The highest BCUT2D eigenvalue weighted by Crippen LogP contribution is 2.54. The fourth-order valence-electron chi connectivity index (χ4n) is 2.94. The molecule has 0 spiro atoms. The topological polar surface area (TPSA) is 20.2 Å². The smallest absolute Gasteiger partial charge is 0.0502 e. The second-order valence-corrected chi connectivity index (χ2v) is 5.69. The van der Waals surface area contributed by atoms with Crippen LogP contribution in [0, 0.1) is 5.92 Å². The summed E-state index contributed by atoms with van der Waals surface area (Å²) in [5.74, 6) is 1.37. The molecule has 0 saturated heterocycles. The van der Waals surface area contributed by atoms with Gasteiger partial charge >= 0.3 is 0 Å². The second-order valence-electron chi connectivity index (χ2n) is 5.26. The van der Waals surface area contributed by atoms with Gasteiger partial charge in [0.2, 0.25) is 0 Å². The van der Waals surface area contributed by atoms with E-state index in [9.17, 15) is 5.11 Å². The van der Waals surface area contributed by atoms with E-state index in [-0.39, 0.29) is 12.5 Å². The summed E-state index contributed by atoms with van der Waals surface area (Å²) in [5, 5.41) is 10.4. The number of aliphatic hydroxyl groups is 1. The van der Waals surface area contributed by atoms with E-state index in [1.165, 1.54) is 11.1 Å². The van der Waals surface area contributed by atoms with Crippen molar-refractivity contribution in [2.75, 3.05) is 6.61 Å². The second kappa shape index (κ2) is 5.36. The first kappa shape index (κ1) is 12.7. The molecule has 0 amide bonds. The van der Waals surface area contributed by atoms with Crippen molar-refractivity contribution in [3.63, 3.8) is 0 Å². The van der Waals surface area contributed by atoms with Crippen LogP contribution in [-0.4, -0.2) is 11.7 Å². The fraction of sp³-hybridized carbons (Fsp3) is 0.294. The number of benzene rings is 2. The summed E-state index contributed by atoms with van der Waals surface area (Å²) in [6.45, 7) is 0.204. The van der Waals surface area contributed by atoms with E-state index in [0.29, 0.717) is 11.8 Å². The summed E-state index contributed by atoms with van der Waals surface area (Å²) in [6.07, 6.45) is 1.16.